The summed E-state index contributed by atoms with van der Waals surface area (Å²) in [7, 11) is 4.23. The van der Waals surface area contributed by atoms with E-state index in [1.165, 1.54) is 7.05 Å². The predicted molar refractivity (Wildman–Crippen MR) is 107 cm³/mol. The molecule has 0 bridgehead atoms. The van der Waals surface area contributed by atoms with E-state index in [4.69, 9.17) is 0 Å². The first-order valence-corrected chi connectivity index (χ1v) is 8.35. The first kappa shape index (κ1) is 25.7. The van der Waals surface area contributed by atoms with Crippen molar-refractivity contribution in [1.82, 2.24) is 25.8 Å². The number of guanidine groups is 1. The maximum atomic E-state index is 12.3. The lowest BCUT2D eigenvalue weighted by molar-refractivity contribution is -0.157. The van der Waals surface area contributed by atoms with Gasteiger partial charge in [0.05, 0.1) is 13.1 Å². The summed E-state index contributed by atoms with van der Waals surface area (Å²) < 4.78 is 36.9. The van der Waals surface area contributed by atoms with Crippen molar-refractivity contribution in [3.63, 3.8) is 0 Å². The average Bonchev–Trinajstić information content (AvgIpc) is 2.58. The van der Waals surface area contributed by atoms with Crippen LogP contribution in [-0.4, -0.2) is 93.7 Å². The Morgan fingerprint density at radius 3 is 2.33 bits per heavy atom. The molecule has 158 valence electrons. The van der Waals surface area contributed by atoms with Crippen LogP contribution >= 0.6 is 24.0 Å². The molecule has 1 heterocycles. The fraction of sp³-hybridized carbons (Fsp3) is 0.800. The molecule has 8 nitrogen and oxygen atoms in total. The Morgan fingerprint density at radius 2 is 1.85 bits per heavy atom. The number of carbonyl (C=O) groups excluding carboxylic acids is 2. The van der Waals surface area contributed by atoms with Gasteiger partial charge in [-0.25, -0.2) is 0 Å². The van der Waals surface area contributed by atoms with Crippen LogP contribution in [0.1, 0.15) is 12.8 Å². The minimum atomic E-state index is -4.42. The molecule has 0 spiro atoms. The number of nitrogens with one attached hydrogen (secondary N) is 3. The number of halogens is 4. The molecule has 1 rings (SSSR count). The zero-order valence-electron chi connectivity index (χ0n) is 15.7. The number of carbonyl (C=O) groups is 2. The van der Waals surface area contributed by atoms with E-state index in [-0.39, 0.29) is 42.5 Å². The van der Waals surface area contributed by atoms with Gasteiger partial charge in [-0.1, -0.05) is 0 Å². The van der Waals surface area contributed by atoms with Gasteiger partial charge in [-0.2, -0.15) is 13.2 Å². The van der Waals surface area contributed by atoms with Crippen LogP contribution < -0.4 is 16.0 Å². The van der Waals surface area contributed by atoms with Gasteiger partial charge in [0.2, 0.25) is 11.8 Å². The summed E-state index contributed by atoms with van der Waals surface area (Å²) in [4.78, 5) is 29.8. The Balaban J connectivity index is 0.00000676. The fourth-order valence-electron chi connectivity index (χ4n) is 2.56. The molecule has 0 aromatic rings. The quantitative estimate of drug-likeness (QED) is 0.267. The standard InChI is InChI=1S/C15H27F3N6O2.HI/c1-19-12(25)9-24-6-4-11(5-7-24)22-14(20-2)21-8-13(26)23(3)10-15(16,17)18;/h11H,4-10H2,1-3H3,(H,19,25)(H2,20,21,22);1H. The zero-order chi connectivity index (χ0) is 19.7. The number of likely N-dealkylation sites (tertiary alicyclic amines) is 1. The molecule has 0 unspecified atom stereocenters. The van der Waals surface area contributed by atoms with E-state index in [1.54, 1.807) is 7.05 Å². The third-order valence-electron chi connectivity index (χ3n) is 4.05. The third kappa shape index (κ3) is 10.6. The minimum absolute atomic E-state index is 0. The number of amides is 2. The molecule has 0 aromatic carbocycles. The fourth-order valence-corrected chi connectivity index (χ4v) is 2.56. The van der Waals surface area contributed by atoms with Crippen molar-refractivity contribution < 1.29 is 22.8 Å². The van der Waals surface area contributed by atoms with E-state index in [2.05, 4.69) is 20.9 Å². The summed E-state index contributed by atoms with van der Waals surface area (Å²) in [5.74, 6) is -0.343. The van der Waals surface area contributed by atoms with Crippen LogP contribution in [0.5, 0.6) is 0 Å². The summed E-state index contributed by atoms with van der Waals surface area (Å²) in [6.07, 6.45) is -2.84. The molecule has 0 aliphatic carbocycles. The molecular weight excluding hydrogens is 480 g/mol. The van der Waals surface area contributed by atoms with Crippen LogP contribution in [0.2, 0.25) is 0 Å². The molecule has 3 N–H and O–H groups in total. The molecule has 12 heteroatoms. The van der Waals surface area contributed by atoms with Crippen molar-refractivity contribution >= 4 is 41.8 Å². The van der Waals surface area contributed by atoms with Crippen molar-refractivity contribution in [2.45, 2.75) is 25.1 Å². The van der Waals surface area contributed by atoms with E-state index in [0.29, 0.717) is 17.4 Å². The average molecular weight is 508 g/mol. The molecular formula is C15H28F3IN6O2. The molecule has 2 amide bonds. The number of hydrogen-bond donors (Lipinski definition) is 3. The monoisotopic (exact) mass is 508 g/mol. The first-order chi connectivity index (χ1) is 12.1. The number of piperidine rings is 1. The molecule has 1 saturated heterocycles. The lowest BCUT2D eigenvalue weighted by Gasteiger charge is -2.32. The van der Waals surface area contributed by atoms with Gasteiger partial charge in [-0.15, -0.1) is 24.0 Å². The highest BCUT2D eigenvalue weighted by atomic mass is 127. The number of nitrogens with zero attached hydrogens (tertiary/aromatic N) is 3. The van der Waals surface area contributed by atoms with Crippen LogP contribution in [0.4, 0.5) is 13.2 Å². The van der Waals surface area contributed by atoms with Gasteiger partial charge in [0, 0.05) is 40.3 Å². The van der Waals surface area contributed by atoms with Gasteiger partial charge in [0.25, 0.3) is 0 Å². The number of alkyl halides is 3. The number of aliphatic imine (C=N–C) groups is 1. The second-order valence-corrected chi connectivity index (χ2v) is 6.16. The van der Waals surface area contributed by atoms with Gasteiger partial charge < -0.3 is 20.9 Å². The van der Waals surface area contributed by atoms with E-state index >= 15 is 0 Å². The van der Waals surface area contributed by atoms with Crippen molar-refractivity contribution in [2.75, 3.05) is 53.9 Å². The Labute approximate surface area is 174 Å². The molecule has 27 heavy (non-hydrogen) atoms. The second-order valence-electron chi connectivity index (χ2n) is 6.16. The Hall–Kier alpha value is -1.31. The van der Waals surface area contributed by atoms with Gasteiger partial charge in [-0.3, -0.25) is 19.5 Å². The first-order valence-electron chi connectivity index (χ1n) is 8.35. The number of likely N-dealkylation sites (N-methyl/N-ethyl adjacent to an activating group) is 2. The van der Waals surface area contributed by atoms with Crippen molar-refractivity contribution in [3.05, 3.63) is 0 Å². The summed E-state index contributed by atoms with van der Waals surface area (Å²) in [6, 6.07) is 0.116. The Bertz CT molecular complexity index is 510. The highest BCUT2D eigenvalue weighted by Crippen LogP contribution is 2.15. The van der Waals surface area contributed by atoms with Crippen molar-refractivity contribution in [3.8, 4) is 0 Å². The third-order valence-corrected chi connectivity index (χ3v) is 4.05. The summed E-state index contributed by atoms with van der Waals surface area (Å²) in [6.45, 7) is 0.284. The van der Waals surface area contributed by atoms with Crippen molar-refractivity contribution in [1.29, 1.82) is 0 Å². The van der Waals surface area contributed by atoms with Crippen LogP contribution in [0.3, 0.4) is 0 Å². The predicted octanol–water partition coefficient (Wildman–Crippen LogP) is 0.000500. The molecule has 0 radical (unpaired) electrons. The topological polar surface area (TPSA) is 89.1 Å². The number of hydrogen-bond acceptors (Lipinski definition) is 4. The SMILES string of the molecule is CN=C(NCC(=O)N(C)CC(F)(F)F)NC1CCN(CC(=O)NC)CC1.I. The van der Waals surface area contributed by atoms with Gasteiger partial charge in [-0.05, 0) is 12.8 Å². The van der Waals surface area contributed by atoms with Crippen LogP contribution in [-0.2, 0) is 9.59 Å². The molecule has 1 aliphatic rings. The second kappa shape index (κ2) is 12.2. The van der Waals surface area contributed by atoms with Gasteiger partial charge >= 0.3 is 6.18 Å². The smallest absolute Gasteiger partial charge is 0.358 e. The molecule has 0 saturated carbocycles. The van der Waals surface area contributed by atoms with Crippen LogP contribution in [0, 0.1) is 0 Å². The summed E-state index contributed by atoms with van der Waals surface area (Å²) in [5, 5.41) is 8.48. The Kier molecular flexibility index (Phi) is 11.6. The maximum Gasteiger partial charge on any atom is 0.406 e. The van der Waals surface area contributed by atoms with E-state index < -0.39 is 18.6 Å². The van der Waals surface area contributed by atoms with E-state index in [9.17, 15) is 22.8 Å². The molecule has 1 fully saturated rings. The van der Waals surface area contributed by atoms with E-state index in [1.807, 2.05) is 4.90 Å². The van der Waals surface area contributed by atoms with Crippen LogP contribution in [0.25, 0.3) is 0 Å². The maximum absolute atomic E-state index is 12.3. The van der Waals surface area contributed by atoms with Gasteiger partial charge in [0.15, 0.2) is 5.96 Å². The van der Waals surface area contributed by atoms with Crippen molar-refractivity contribution in [2.24, 2.45) is 4.99 Å². The summed E-state index contributed by atoms with van der Waals surface area (Å²) in [5.41, 5.74) is 0. The highest BCUT2D eigenvalue weighted by Gasteiger charge is 2.31. The normalized spacial score (nSPS) is 16.3. The highest BCUT2D eigenvalue weighted by molar-refractivity contribution is 14.0. The van der Waals surface area contributed by atoms with Gasteiger partial charge in [0.1, 0.15) is 6.54 Å². The molecule has 1 aliphatic heterocycles. The van der Waals surface area contributed by atoms with Crippen LogP contribution in [0.15, 0.2) is 4.99 Å². The summed E-state index contributed by atoms with van der Waals surface area (Å²) >= 11 is 0. The van der Waals surface area contributed by atoms with E-state index in [0.717, 1.165) is 33.0 Å². The minimum Gasteiger partial charge on any atom is -0.358 e. The Morgan fingerprint density at radius 1 is 1.26 bits per heavy atom. The number of rotatable bonds is 6. The molecule has 0 aromatic heterocycles. The lowest BCUT2D eigenvalue weighted by atomic mass is 10.1. The zero-order valence-corrected chi connectivity index (χ0v) is 18.1. The largest absolute Gasteiger partial charge is 0.406 e. The lowest BCUT2D eigenvalue weighted by Crippen LogP contribution is -2.51. The molecule has 0 atom stereocenters.